The van der Waals surface area contributed by atoms with Crippen LogP contribution in [-0.2, 0) is 0 Å². The first-order valence-corrected chi connectivity index (χ1v) is 10.1. The summed E-state index contributed by atoms with van der Waals surface area (Å²) >= 11 is 1.61. The van der Waals surface area contributed by atoms with E-state index in [-0.39, 0.29) is 10.8 Å². The number of hydrogen-bond donors (Lipinski definition) is 1. The number of rotatable bonds is 2. The number of fused-ring (bicyclic) bond motifs is 1. The number of nitrogens with one attached hydrogen (secondary N) is 1. The summed E-state index contributed by atoms with van der Waals surface area (Å²) in [4.78, 5) is 17.6. The third kappa shape index (κ3) is 3.12. The van der Waals surface area contributed by atoms with Crippen LogP contribution in [0.5, 0.6) is 0 Å². The maximum atomic E-state index is 12.8. The van der Waals surface area contributed by atoms with Crippen LogP contribution in [0, 0.1) is 11.3 Å². The van der Waals surface area contributed by atoms with Crippen LogP contribution in [0.2, 0.25) is 0 Å². The van der Waals surface area contributed by atoms with Crippen molar-refractivity contribution in [1.29, 1.82) is 5.26 Å². The Hall–Kier alpha value is -2.26. The first-order chi connectivity index (χ1) is 12.7. The molecule has 0 radical (unpaired) electrons. The van der Waals surface area contributed by atoms with Crippen molar-refractivity contribution in [2.75, 3.05) is 0 Å². The fraction of sp³-hybridized carbons (Fsp3) is 0.450. The van der Waals surface area contributed by atoms with E-state index in [1.54, 1.807) is 11.8 Å². The van der Waals surface area contributed by atoms with Crippen LogP contribution in [0.15, 0.2) is 34.1 Å². The lowest BCUT2D eigenvalue weighted by atomic mass is 10.0. The molecule has 5 nitrogen and oxygen atoms in total. The van der Waals surface area contributed by atoms with E-state index in [0.29, 0.717) is 11.6 Å². The summed E-state index contributed by atoms with van der Waals surface area (Å²) in [7, 11) is 0. The van der Waals surface area contributed by atoms with Gasteiger partial charge in [-0.1, -0.05) is 49.6 Å². The highest BCUT2D eigenvalue weighted by Crippen LogP contribution is 2.45. The Labute approximate surface area is 157 Å². The third-order valence-corrected chi connectivity index (χ3v) is 6.46. The molecule has 1 N–H and O–H groups in total. The molecule has 6 heteroatoms. The fourth-order valence-electron chi connectivity index (χ4n) is 3.96. The van der Waals surface area contributed by atoms with Crippen LogP contribution < -0.4 is 5.56 Å². The Morgan fingerprint density at radius 1 is 1.19 bits per heavy atom. The Kier molecular flexibility index (Phi) is 4.73. The van der Waals surface area contributed by atoms with E-state index in [1.807, 2.05) is 35.9 Å². The summed E-state index contributed by atoms with van der Waals surface area (Å²) in [5.74, 6) is 0.799. The van der Waals surface area contributed by atoms with Crippen LogP contribution >= 0.6 is 11.8 Å². The number of nitriles is 1. The van der Waals surface area contributed by atoms with Crippen LogP contribution in [0.25, 0.3) is 0 Å². The molecule has 1 aliphatic heterocycles. The molecule has 134 valence electrons. The normalized spacial score (nSPS) is 20.8. The number of aliphatic imine (C=N–C) groups is 1. The zero-order chi connectivity index (χ0) is 18.1. The van der Waals surface area contributed by atoms with Gasteiger partial charge in [-0.25, -0.2) is 4.99 Å². The van der Waals surface area contributed by atoms with Crippen LogP contribution in [0.3, 0.4) is 0 Å². The lowest BCUT2D eigenvalue weighted by Crippen LogP contribution is -2.13. The van der Waals surface area contributed by atoms with Gasteiger partial charge in [-0.2, -0.15) is 5.26 Å². The molecule has 2 heterocycles. The van der Waals surface area contributed by atoms with E-state index >= 15 is 0 Å². The van der Waals surface area contributed by atoms with Crippen LogP contribution in [0.4, 0.5) is 5.82 Å². The number of benzene rings is 1. The molecule has 1 saturated carbocycles. The number of aromatic amines is 1. The maximum Gasteiger partial charge on any atom is 0.271 e. The molecule has 1 fully saturated rings. The third-order valence-electron chi connectivity index (χ3n) is 5.28. The fourth-order valence-corrected chi connectivity index (χ4v) is 5.06. The predicted octanol–water partition coefficient (Wildman–Crippen LogP) is 4.83. The van der Waals surface area contributed by atoms with Gasteiger partial charge in [-0.05, 0) is 37.5 Å². The molecule has 0 spiro atoms. The van der Waals surface area contributed by atoms with Gasteiger partial charge in [0.25, 0.3) is 5.56 Å². The average Bonchev–Trinajstić information content (AvgIpc) is 2.84. The van der Waals surface area contributed by atoms with E-state index in [2.05, 4.69) is 11.2 Å². The van der Waals surface area contributed by atoms with Crippen molar-refractivity contribution in [3.63, 3.8) is 0 Å². The topological polar surface area (TPSA) is 73.9 Å². The lowest BCUT2D eigenvalue weighted by Gasteiger charge is -2.23. The summed E-state index contributed by atoms with van der Waals surface area (Å²) in [6.07, 6.45) is 7.15. The number of thioether (sulfide) groups is 1. The van der Waals surface area contributed by atoms with Gasteiger partial charge < -0.3 is 0 Å². The SMILES string of the molecule is CC1=Nc2c(c(=O)[nH]n2C2CCCCCC2)[C@H](c2ccc(C#N)cc2)S1. The number of H-pyrrole nitrogens is 1. The maximum absolute atomic E-state index is 12.8. The smallest absolute Gasteiger partial charge is 0.268 e. The first-order valence-electron chi connectivity index (χ1n) is 9.24. The van der Waals surface area contributed by atoms with Gasteiger partial charge in [0.1, 0.15) is 0 Å². The Morgan fingerprint density at radius 2 is 1.88 bits per heavy atom. The Balaban J connectivity index is 1.77. The van der Waals surface area contributed by atoms with E-state index < -0.39 is 0 Å². The molecule has 0 unspecified atom stereocenters. The van der Waals surface area contributed by atoms with Crippen molar-refractivity contribution in [2.45, 2.75) is 56.7 Å². The molecule has 1 aliphatic carbocycles. The van der Waals surface area contributed by atoms with Crippen molar-refractivity contribution in [2.24, 2.45) is 4.99 Å². The quantitative estimate of drug-likeness (QED) is 0.774. The average molecular weight is 366 g/mol. The molecule has 1 aromatic heterocycles. The van der Waals surface area contributed by atoms with Crippen LogP contribution in [-0.4, -0.2) is 14.8 Å². The lowest BCUT2D eigenvalue weighted by molar-refractivity contribution is 0.407. The first kappa shape index (κ1) is 17.2. The summed E-state index contributed by atoms with van der Waals surface area (Å²) in [6.45, 7) is 2.00. The second kappa shape index (κ2) is 7.16. The summed E-state index contributed by atoms with van der Waals surface area (Å²) in [5, 5.41) is 13.0. The highest BCUT2D eigenvalue weighted by Gasteiger charge is 2.32. The van der Waals surface area contributed by atoms with Crippen molar-refractivity contribution < 1.29 is 0 Å². The number of aromatic nitrogens is 2. The predicted molar refractivity (Wildman–Crippen MR) is 105 cm³/mol. The van der Waals surface area contributed by atoms with Gasteiger partial charge in [-0.15, -0.1) is 0 Å². The molecule has 0 saturated heterocycles. The molecule has 1 aromatic carbocycles. The summed E-state index contributed by atoms with van der Waals surface area (Å²) < 4.78 is 2.03. The van der Waals surface area contributed by atoms with Gasteiger partial charge in [-0.3, -0.25) is 14.6 Å². The van der Waals surface area contributed by atoms with Crippen molar-refractivity contribution in [3.05, 3.63) is 51.3 Å². The van der Waals surface area contributed by atoms with Gasteiger partial charge in [0.2, 0.25) is 0 Å². The zero-order valence-corrected chi connectivity index (χ0v) is 15.7. The molecule has 2 aromatic rings. The van der Waals surface area contributed by atoms with Gasteiger partial charge in [0.05, 0.1) is 33.5 Å². The molecule has 4 rings (SSSR count). The minimum absolute atomic E-state index is 0.0395. The molecule has 0 bridgehead atoms. The molecular weight excluding hydrogens is 344 g/mol. The van der Waals surface area contributed by atoms with E-state index in [1.165, 1.54) is 25.7 Å². The van der Waals surface area contributed by atoms with E-state index in [9.17, 15) is 4.79 Å². The monoisotopic (exact) mass is 366 g/mol. The standard InChI is InChI=1S/C20H22N4OS/c1-13-22-19-17(18(26-13)15-10-8-14(12-21)9-11-15)20(25)23-24(19)16-6-4-2-3-5-7-16/h8-11,16,18H,2-7H2,1H3,(H,23,25)/t18-/m0/s1. The van der Waals surface area contributed by atoms with Crippen molar-refractivity contribution in [3.8, 4) is 6.07 Å². The summed E-state index contributed by atoms with van der Waals surface area (Å²) in [6, 6.07) is 9.99. The van der Waals surface area contributed by atoms with Crippen LogP contribution in [0.1, 0.15) is 73.4 Å². The highest BCUT2D eigenvalue weighted by atomic mass is 32.2. The molecule has 26 heavy (non-hydrogen) atoms. The highest BCUT2D eigenvalue weighted by molar-refractivity contribution is 8.14. The molecular formula is C20H22N4OS. The number of hydrogen-bond acceptors (Lipinski definition) is 4. The largest absolute Gasteiger partial charge is 0.271 e. The second-order valence-corrected chi connectivity index (χ2v) is 8.35. The van der Waals surface area contributed by atoms with E-state index in [4.69, 9.17) is 10.3 Å². The summed E-state index contributed by atoms with van der Waals surface area (Å²) in [5.41, 5.74) is 2.37. The molecule has 0 amide bonds. The zero-order valence-electron chi connectivity index (χ0n) is 14.9. The minimum Gasteiger partial charge on any atom is -0.268 e. The van der Waals surface area contributed by atoms with Gasteiger partial charge in [0, 0.05) is 0 Å². The van der Waals surface area contributed by atoms with Crippen molar-refractivity contribution >= 4 is 22.6 Å². The number of nitrogens with zero attached hydrogens (tertiary/aromatic N) is 3. The van der Waals surface area contributed by atoms with E-state index in [0.717, 1.165) is 34.8 Å². The van der Waals surface area contributed by atoms with Gasteiger partial charge >= 0.3 is 0 Å². The second-order valence-electron chi connectivity index (χ2n) is 7.06. The Morgan fingerprint density at radius 3 is 2.54 bits per heavy atom. The minimum atomic E-state index is -0.0778. The van der Waals surface area contributed by atoms with Crippen molar-refractivity contribution in [1.82, 2.24) is 9.78 Å². The molecule has 1 atom stereocenters. The molecule has 2 aliphatic rings. The Bertz CT molecular complexity index is 924. The van der Waals surface area contributed by atoms with Gasteiger partial charge in [0.15, 0.2) is 5.82 Å².